The number of benzene rings is 2. The fraction of sp³-hybridized carbons (Fsp3) is 0.0625. The fourth-order valence-corrected chi connectivity index (χ4v) is 2.09. The second-order valence-corrected chi connectivity index (χ2v) is 4.66. The summed E-state index contributed by atoms with van der Waals surface area (Å²) in [6.07, 6.45) is 1.83. The molecule has 0 aliphatic heterocycles. The number of aromatic nitrogens is 2. The second kappa shape index (κ2) is 5.36. The van der Waals surface area contributed by atoms with E-state index in [1.165, 1.54) is 0 Å². The van der Waals surface area contributed by atoms with Gasteiger partial charge >= 0.3 is 0 Å². The van der Waals surface area contributed by atoms with E-state index >= 15 is 0 Å². The predicted molar refractivity (Wildman–Crippen MR) is 77.9 cm³/mol. The van der Waals surface area contributed by atoms with Crippen LogP contribution in [0.3, 0.4) is 0 Å². The summed E-state index contributed by atoms with van der Waals surface area (Å²) >= 11 is 0. The van der Waals surface area contributed by atoms with E-state index in [2.05, 4.69) is 10.3 Å². The van der Waals surface area contributed by atoms with Gasteiger partial charge in [0.25, 0.3) is 0 Å². The summed E-state index contributed by atoms with van der Waals surface area (Å²) in [5.41, 5.74) is 1.72. The summed E-state index contributed by atoms with van der Waals surface area (Å²) in [6.45, 7) is 1.84. The molecule has 0 radical (unpaired) electrons. The zero-order chi connectivity index (χ0) is 14.8. The van der Waals surface area contributed by atoms with Crippen LogP contribution in [0, 0.1) is 18.6 Å². The standard InChI is InChI=1S/C16H13F2N3/c1-11-10-21(13-5-3-2-4-6-13)16(19-11)20-15-9-12(17)7-8-14(15)18/h2-10H,1H3,(H,19,20). The van der Waals surface area contributed by atoms with Crippen molar-refractivity contribution < 1.29 is 8.78 Å². The highest BCUT2D eigenvalue weighted by atomic mass is 19.1. The van der Waals surface area contributed by atoms with Gasteiger partial charge in [0.05, 0.1) is 11.4 Å². The van der Waals surface area contributed by atoms with Crippen LogP contribution in [-0.2, 0) is 0 Å². The van der Waals surface area contributed by atoms with Crippen LogP contribution in [-0.4, -0.2) is 9.55 Å². The number of halogens is 2. The van der Waals surface area contributed by atoms with Crippen molar-refractivity contribution in [3.63, 3.8) is 0 Å². The van der Waals surface area contributed by atoms with Crippen LogP contribution in [0.15, 0.2) is 54.7 Å². The number of imidazole rings is 1. The normalized spacial score (nSPS) is 10.6. The van der Waals surface area contributed by atoms with Gasteiger partial charge in [-0.25, -0.2) is 13.8 Å². The summed E-state index contributed by atoms with van der Waals surface area (Å²) < 4.78 is 28.8. The minimum Gasteiger partial charge on any atom is -0.323 e. The molecule has 0 unspecified atom stereocenters. The Morgan fingerprint density at radius 2 is 1.81 bits per heavy atom. The van der Waals surface area contributed by atoms with Crippen molar-refractivity contribution in [2.75, 3.05) is 5.32 Å². The average Bonchev–Trinajstić information content (AvgIpc) is 2.85. The summed E-state index contributed by atoms with van der Waals surface area (Å²) in [5.74, 6) is -0.603. The molecule has 0 atom stereocenters. The van der Waals surface area contributed by atoms with Gasteiger partial charge in [0.1, 0.15) is 11.6 Å². The van der Waals surface area contributed by atoms with Gasteiger partial charge in [-0.15, -0.1) is 0 Å². The molecule has 3 aromatic rings. The van der Waals surface area contributed by atoms with Gasteiger partial charge in [0, 0.05) is 18.0 Å². The van der Waals surface area contributed by atoms with Gasteiger partial charge in [0.15, 0.2) is 0 Å². The van der Waals surface area contributed by atoms with Crippen molar-refractivity contribution >= 4 is 11.6 Å². The maximum Gasteiger partial charge on any atom is 0.212 e. The largest absolute Gasteiger partial charge is 0.323 e. The van der Waals surface area contributed by atoms with Crippen LogP contribution in [0.4, 0.5) is 20.4 Å². The average molecular weight is 285 g/mol. The molecule has 0 bridgehead atoms. The molecular weight excluding hydrogens is 272 g/mol. The number of nitrogens with zero attached hydrogens (tertiary/aromatic N) is 2. The Morgan fingerprint density at radius 3 is 2.57 bits per heavy atom. The highest BCUT2D eigenvalue weighted by Crippen LogP contribution is 2.23. The van der Waals surface area contributed by atoms with Crippen molar-refractivity contribution in [3.05, 3.63) is 72.1 Å². The van der Waals surface area contributed by atoms with Crippen LogP contribution in [0.25, 0.3) is 5.69 Å². The van der Waals surface area contributed by atoms with Gasteiger partial charge in [-0.3, -0.25) is 4.57 Å². The van der Waals surface area contributed by atoms with E-state index < -0.39 is 11.6 Å². The molecule has 3 rings (SSSR count). The van der Waals surface area contributed by atoms with Crippen molar-refractivity contribution in [1.29, 1.82) is 0 Å². The molecule has 5 heteroatoms. The third kappa shape index (κ3) is 2.76. The molecule has 0 spiro atoms. The topological polar surface area (TPSA) is 29.9 Å². The number of nitrogens with one attached hydrogen (secondary N) is 1. The first-order valence-corrected chi connectivity index (χ1v) is 6.47. The van der Waals surface area contributed by atoms with E-state index in [1.54, 1.807) is 4.57 Å². The van der Waals surface area contributed by atoms with E-state index in [1.807, 2.05) is 43.5 Å². The smallest absolute Gasteiger partial charge is 0.212 e. The second-order valence-electron chi connectivity index (χ2n) is 4.66. The van der Waals surface area contributed by atoms with E-state index in [9.17, 15) is 8.78 Å². The van der Waals surface area contributed by atoms with Gasteiger partial charge in [-0.05, 0) is 31.2 Å². The highest BCUT2D eigenvalue weighted by molar-refractivity contribution is 5.57. The molecule has 0 saturated carbocycles. The molecule has 1 aromatic heterocycles. The summed E-state index contributed by atoms with van der Waals surface area (Å²) in [7, 11) is 0. The number of anilines is 2. The number of para-hydroxylation sites is 1. The van der Waals surface area contributed by atoms with Crippen LogP contribution in [0.2, 0.25) is 0 Å². The molecule has 106 valence electrons. The van der Waals surface area contributed by atoms with Crippen molar-refractivity contribution in [3.8, 4) is 5.69 Å². The predicted octanol–water partition coefficient (Wildman–Crippen LogP) is 4.20. The Bertz CT molecular complexity index is 766. The van der Waals surface area contributed by atoms with E-state index in [-0.39, 0.29) is 5.69 Å². The van der Waals surface area contributed by atoms with Gasteiger partial charge in [0.2, 0.25) is 5.95 Å². The lowest BCUT2D eigenvalue weighted by atomic mass is 10.3. The molecular formula is C16H13F2N3. The molecule has 0 saturated heterocycles. The van der Waals surface area contributed by atoms with Crippen LogP contribution in [0.5, 0.6) is 0 Å². The third-order valence-electron chi connectivity index (χ3n) is 3.04. The molecule has 1 heterocycles. The number of hydrogen-bond acceptors (Lipinski definition) is 2. The minimum atomic E-state index is -0.531. The highest BCUT2D eigenvalue weighted by Gasteiger charge is 2.10. The number of rotatable bonds is 3. The number of hydrogen-bond donors (Lipinski definition) is 1. The quantitative estimate of drug-likeness (QED) is 0.781. The molecule has 2 aromatic carbocycles. The zero-order valence-electron chi connectivity index (χ0n) is 11.3. The minimum absolute atomic E-state index is 0.0535. The molecule has 0 aliphatic carbocycles. The lowest BCUT2D eigenvalue weighted by molar-refractivity contribution is 0.603. The Kier molecular flexibility index (Phi) is 3.39. The third-order valence-corrected chi connectivity index (χ3v) is 3.04. The first-order valence-electron chi connectivity index (χ1n) is 6.47. The summed E-state index contributed by atoms with van der Waals surface area (Å²) in [6, 6.07) is 12.8. The van der Waals surface area contributed by atoms with E-state index in [4.69, 9.17) is 0 Å². The van der Waals surface area contributed by atoms with Crippen LogP contribution < -0.4 is 5.32 Å². The summed E-state index contributed by atoms with van der Waals surface area (Å²) in [5, 5.41) is 2.84. The van der Waals surface area contributed by atoms with E-state index in [0.717, 1.165) is 29.6 Å². The zero-order valence-corrected chi connectivity index (χ0v) is 11.3. The lowest BCUT2D eigenvalue weighted by Crippen LogP contribution is -2.02. The molecule has 0 amide bonds. The molecule has 0 fully saturated rings. The van der Waals surface area contributed by atoms with Crippen molar-refractivity contribution in [2.45, 2.75) is 6.92 Å². The van der Waals surface area contributed by atoms with Crippen LogP contribution in [0.1, 0.15) is 5.69 Å². The monoisotopic (exact) mass is 285 g/mol. The first-order chi connectivity index (χ1) is 10.1. The van der Waals surface area contributed by atoms with Gasteiger partial charge in [-0.1, -0.05) is 18.2 Å². The maximum atomic E-state index is 13.7. The summed E-state index contributed by atoms with van der Waals surface area (Å²) in [4.78, 5) is 4.32. The van der Waals surface area contributed by atoms with Crippen molar-refractivity contribution in [2.24, 2.45) is 0 Å². The molecule has 21 heavy (non-hydrogen) atoms. The lowest BCUT2D eigenvalue weighted by Gasteiger charge is -2.10. The first kappa shape index (κ1) is 13.3. The van der Waals surface area contributed by atoms with Crippen LogP contribution >= 0.6 is 0 Å². The molecule has 0 aliphatic rings. The Labute approximate surface area is 120 Å². The Hall–Kier alpha value is -2.69. The van der Waals surface area contributed by atoms with Gasteiger partial charge < -0.3 is 5.32 Å². The molecule has 1 N–H and O–H groups in total. The SMILES string of the molecule is Cc1cn(-c2ccccc2)c(Nc2cc(F)ccc2F)n1. The molecule has 3 nitrogen and oxygen atoms in total. The Balaban J connectivity index is 2.02. The van der Waals surface area contributed by atoms with E-state index in [0.29, 0.717) is 5.95 Å². The number of aryl methyl sites for hydroxylation is 1. The Morgan fingerprint density at radius 1 is 1.05 bits per heavy atom. The fourth-order valence-electron chi connectivity index (χ4n) is 2.09. The van der Waals surface area contributed by atoms with Gasteiger partial charge in [-0.2, -0.15) is 0 Å². The van der Waals surface area contributed by atoms with Crippen molar-refractivity contribution in [1.82, 2.24) is 9.55 Å². The maximum absolute atomic E-state index is 13.7.